The molecule has 1 aliphatic carbocycles. The molecule has 0 radical (unpaired) electrons. The summed E-state index contributed by atoms with van der Waals surface area (Å²) >= 11 is 0. The molecule has 2 heterocycles. The lowest BCUT2D eigenvalue weighted by atomic mass is 9.89. The van der Waals surface area contributed by atoms with Crippen LogP contribution >= 0.6 is 0 Å². The monoisotopic (exact) mass is 515 g/mol. The molecule has 1 aliphatic heterocycles. The second-order valence-corrected chi connectivity index (χ2v) is 13.9. The van der Waals surface area contributed by atoms with Crippen molar-refractivity contribution in [2.24, 2.45) is 0 Å². The first-order valence-corrected chi connectivity index (χ1v) is 15.6. The van der Waals surface area contributed by atoms with Crippen molar-refractivity contribution >= 4 is 36.6 Å². The molecule has 1 saturated heterocycles. The lowest BCUT2D eigenvalue weighted by Crippen LogP contribution is -2.38. The van der Waals surface area contributed by atoms with Crippen LogP contribution in [0, 0.1) is 0 Å². The summed E-state index contributed by atoms with van der Waals surface area (Å²) in [5, 5.41) is 0.871. The van der Waals surface area contributed by atoms with Crippen molar-refractivity contribution in [2.75, 3.05) is 23.6 Å². The third-order valence-electron chi connectivity index (χ3n) is 7.59. The van der Waals surface area contributed by atoms with Gasteiger partial charge in [-0.1, -0.05) is 31.0 Å². The molecule has 1 saturated carbocycles. The Balaban J connectivity index is 1.33. The molecule has 0 bridgehead atoms. The third kappa shape index (κ3) is 4.99. The number of aromatic nitrogens is 1. The van der Waals surface area contributed by atoms with Gasteiger partial charge >= 0.3 is 0 Å². The van der Waals surface area contributed by atoms with E-state index in [1.54, 1.807) is 11.2 Å². The Bertz CT molecular complexity index is 1400. The topological polar surface area (TPSA) is 99.3 Å². The van der Waals surface area contributed by atoms with Crippen LogP contribution in [0.2, 0.25) is 0 Å². The fourth-order valence-electron chi connectivity index (χ4n) is 5.46. The zero-order valence-corrected chi connectivity index (χ0v) is 21.7. The normalized spacial score (nSPS) is 18.9. The lowest BCUT2D eigenvalue weighted by Gasteiger charge is -2.30. The highest BCUT2D eigenvalue weighted by atomic mass is 32.2. The molecule has 3 aromatic rings. The van der Waals surface area contributed by atoms with E-state index in [9.17, 15) is 16.8 Å². The van der Waals surface area contributed by atoms with Crippen LogP contribution in [0.3, 0.4) is 0 Å². The minimum atomic E-state index is -3.34. The minimum Gasteiger partial charge on any atom is -0.361 e. The number of nitrogens with one attached hydrogen (secondary N) is 2. The summed E-state index contributed by atoms with van der Waals surface area (Å²) in [6.07, 6.45) is 7.11. The molecule has 2 N–H and O–H groups in total. The molecule has 7 nitrogen and oxygen atoms in total. The van der Waals surface area contributed by atoms with Crippen molar-refractivity contribution in [1.29, 1.82) is 0 Å². The quantitative estimate of drug-likeness (QED) is 0.460. The Kier molecular flexibility index (Phi) is 6.67. The molecule has 5 rings (SSSR count). The molecule has 0 amide bonds. The van der Waals surface area contributed by atoms with Gasteiger partial charge in [0.25, 0.3) is 0 Å². The lowest BCUT2D eigenvalue weighted by molar-refractivity contribution is 0.321. The Hall–Kier alpha value is -2.36. The van der Waals surface area contributed by atoms with Gasteiger partial charge in [-0.25, -0.2) is 21.1 Å². The van der Waals surface area contributed by atoms with E-state index in [0.717, 1.165) is 60.6 Å². The van der Waals surface area contributed by atoms with E-state index < -0.39 is 20.0 Å². The zero-order valence-electron chi connectivity index (χ0n) is 20.0. The van der Waals surface area contributed by atoms with Gasteiger partial charge in [-0.05, 0) is 79.5 Å². The van der Waals surface area contributed by atoms with Gasteiger partial charge in [0.2, 0.25) is 20.0 Å². The van der Waals surface area contributed by atoms with E-state index in [0.29, 0.717) is 24.7 Å². The second kappa shape index (κ2) is 9.59. The average Bonchev–Trinajstić information content (AvgIpc) is 3.55. The number of nitrogens with zero attached hydrogens (tertiary/aromatic N) is 1. The summed E-state index contributed by atoms with van der Waals surface area (Å²) < 4.78 is 54.0. The van der Waals surface area contributed by atoms with Gasteiger partial charge in [0.05, 0.1) is 11.0 Å². The molecule has 35 heavy (non-hydrogen) atoms. The number of H-pyrrole nitrogens is 1. The number of anilines is 1. The van der Waals surface area contributed by atoms with Gasteiger partial charge in [-0.3, -0.25) is 4.72 Å². The first kappa shape index (κ1) is 24.3. The van der Waals surface area contributed by atoms with E-state index in [-0.39, 0.29) is 11.0 Å². The number of aromatic amines is 1. The first-order valence-electron chi connectivity index (χ1n) is 12.5. The fraction of sp³-hybridized carbons (Fsp3) is 0.462. The van der Waals surface area contributed by atoms with Gasteiger partial charge in [0, 0.05) is 35.9 Å². The number of benzene rings is 2. The largest absolute Gasteiger partial charge is 0.361 e. The number of piperidine rings is 1. The number of hydrogen-bond donors (Lipinski definition) is 2. The number of sulfonamides is 2. The Labute approximate surface area is 208 Å². The standard InChI is InChI=1S/C26H33N3O4S2/c1-2-34(30,31)29-15-13-20(14-16-29)25-18-27-26-12-9-21(17-24(25)26)19-7-10-22(11-8-19)28-35(32,33)23-5-3-4-6-23/h7-12,17-18,20,23,27-28H,2-6,13-16H2,1H3. The van der Waals surface area contributed by atoms with Crippen LogP contribution in [0.15, 0.2) is 48.7 Å². The van der Waals surface area contributed by atoms with Crippen LogP contribution < -0.4 is 4.72 Å². The molecule has 0 unspecified atom stereocenters. The van der Waals surface area contributed by atoms with Gasteiger partial charge < -0.3 is 4.98 Å². The van der Waals surface area contributed by atoms with E-state index >= 15 is 0 Å². The average molecular weight is 516 g/mol. The Morgan fingerprint density at radius 3 is 2.23 bits per heavy atom. The molecule has 2 fully saturated rings. The van der Waals surface area contributed by atoms with Crippen molar-refractivity contribution in [3.63, 3.8) is 0 Å². The summed E-state index contributed by atoms with van der Waals surface area (Å²) in [5.41, 5.74) is 4.98. The highest BCUT2D eigenvalue weighted by molar-refractivity contribution is 7.93. The van der Waals surface area contributed by atoms with E-state index in [1.807, 2.05) is 24.3 Å². The van der Waals surface area contributed by atoms with Gasteiger partial charge in [-0.2, -0.15) is 0 Å². The van der Waals surface area contributed by atoms with Crippen LogP contribution in [0.4, 0.5) is 5.69 Å². The molecule has 1 aromatic heterocycles. The maximum atomic E-state index is 12.6. The van der Waals surface area contributed by atoms with Crippen LogP contribution in [-0.2, 0) is 20.0 Å². The van der Waals surface area contributed by atoms with Crippen molar-refractivity contribution in [3.05, 3.63) is 54.2 Å². The zero-order chi connectivity index (χ0) is 24.6. The fourth-order valence-corrected chi connectivity index (χ4v) is 8.18. The second-order valence-electron chi connectivity index (χ2n) is 9.71. The predicted octanol–water partition coefficient (Wildman–Crippen LogP) is 5.05. The molecule has 2 aromatic carbocycles. The smallest absolute Gasteiger partial charge is 0.235 e. The van der Waals surface area contributed by atoms with Crippen LogP contribution in [0.1, 0.15) is 56.9 Å². The third-order valence-corrected chi connectivity index (χ3v) is 11.3. The Morgan fingerprint density at radius 1 is 0.914 bits per heavy atom. The maximum Gasteiger partial charge on any atom is 0.235 e. The van der Waals surface area contributed by atoms with Crippen molar-refractivity contribution < 1.29 is 16.8 Å². The molecular weight excluding hydrogens is 482 g/mol. The van der Waals surface area contributed by atoms with Crippen LogP contribution in [0.5, 0.6) is 0 Å². The Morgan fingerprint density at radius 2 is 1.57 bits per heavy atom. The molecule has 0 spiro atoms. The molecule has 188 valence electrons. The van der Waals surface area contributed by atoms with Gasteiger partial charge in [-0.15, -0.1) is 0 Å². The molecular formula is C26H33N3O4S2. The SMILES string of the molecule is CCS(=O)(=O)N1CCC(c2c[nH]c3ccc(-c4ccc(NS(=O)(=O)C5CCCC5)cc4)cc23)CC1. The predicted molar refractivity (Wildman–Crippen MR) is 142 cm³/mol. The summed E-state index contributed by atoms with van der Waals surface area (Å²) in [4.78, 5) is 3.37. The van der Waals surface area contributed by atoms with Crippen LogP contribution in [-0.4, -0.2) is 50.2 Å². The maximum absolute atomic E-state index is 12.6. The van der Waals surface area contributed by atoms with Crippen molar-refractivity contribution in [3.8, 4) is 11.1 Å². The number of fused-ring (bicyclic) bond motifs is 1. The number of hydrogen-bond acceptors (Lipinski definition) is 4. The van der Waals surface area contributed by atoms with E-state index in [4.69, 9.17) is 0 Å². The van der Waals surface area contributed by atoms with Crippen molar-refractivity contribution in [2.45, 2.75) is 56.6 Å². The summed E-state index contributed by atoms with van der Waals surface area (Å²) in [7, 11) is -6.48. The van der Waals surface area contributed by atoms with Crippen LogP contribution in [0.25, 0.3) is 22.0 Å². The highest BCUT2D eigenvalue weighted by Gasteiger charge is 2.29. The summed E-state index contributed by atoms with van der Waals surface area (Å²) in [5.74, 6) is 0.462. The summed E-state index contributed by atoms with van der Waals surface area (Å²) in [6.45, 7) is 2.82. The first-order chi connectivity index (χ1) is 16.8. The van der Waals surface area contributed by atoms with E-state index in [1.165, 1.54) is 5.56 Å². The molecule has 2 aliphatic rings. The summed E-state index contributed by atoms with van der Waals surface area (Å²) in [6, 6.07) is 13.9. The highest BCUT2D eigenvalue weighted by Crippen LogP contribution is 2.36. The molecule has 9 heteroatoms. The van der Waals surface area contributed by atoms with E-state index in [2.05, 4.69) is 34.1 Å². The number of rotatable bonds is 7. The van der Waals surface area contributed by atoms with Crippen molar-refractivity contribution in [1.82, 2.24) is 9.29 Å². The van der Waals surface area contributed by atoms with Gasteiger partial charge in [0.1, 0.15) is 0 Å². The molecule has 0 atom stereocenters. The minimum absolute atomic E-state index is 0.148. The van der Waals surface area contributed by atoms with Gasteiger partial charge in [0.15, 0.2) is 0 Å².